The minimum Gasteiger partial charge on any atom is -0.493 e. The SMILES string of the molecule is CCOC(=O)c1cccc(NC(=O)CSc2nnc(Cc3ccc(OC)c(OC)c3)o2)c1. The standard InChI is InChI=1S/C22H23N3O6S/c1-4-30-21(27)15-6-5-7-16(12-15)23-19(26)13-32-22-25-24-20(31-22)11-14-8-9-17(28-2)18(10-14)29-3/h5-10,12H,4,11,13H2,1-3H3,(H,23,26). The molecule has 0 aliphatic heterocycles. The lowest BCUT2D eigenvalue weighted by molar-refractivity contribution is -0.113. The van der Waals surface area contributed by atoms with Crippen LogP contribution in [0.3, 0.4) is 0 Å². The van der Waals surface area contributed by atoms with E-state index in [4.69, 9.17) is 18.6 Å². The highest BCUT2D eigenvalue weighted by atomic mass is 32.2. The number of hydrogen-bond donors (Lipinski definition) is 1. The van der Waals surface area contributed by atoms with Gasteiger partial charge in [0.2, 0.25) is 11.8 Å². The van der Waals surface area contributed by atoms with E-state index in [2.05, 4.69) is 15.5 Å². The van der Waals surface area contributed by atoms with E-state index in [0.29, 0.717) is 35.1 Å². The molecule has 10 heteroatoms. The molecule has 1 aromatic heterocycles. The second-order valence-electron chi connectivity index (χ2n) is 6.47. The average Bonchev–Trinajstić information content (AvgIpc) is 3.25. The molecule has 1 heterocycles. The Morgan fingerprint density at radius 2 is 1.88 bits per heavy atom. The molecule has 0 fully saturated rings. The highest BCUT2D eigenvalue weighted by molar-refractivity contribution is 7.99. The number of ether oxygens (including phenoxy) is 3. The van der Waals surface area contributed by atoms with Crippen molar-refractivity contribution in [3.8, 4) is 11.5 Å². The number of carbonyl (C=O) groups is 2. The van der Waals surface area contributed by atoms with Gasteiger partial charge in [-0.3, -0.25) is 4.79 Å². The molecular formula is C22H23N3O6S. The lowest BCUT2D eigenvalue weighted by atomic mass is 10.1. The van der Waals surface area contributed by atoms with Crippen LogP contribution in [-0.2, 0) is 16.0 Å². The molecule has 0 aliphatic carbocycles. The number of esters is 1. The Hall–Kier alpha value is -3.53. The molecule has 32 heavy (non-hydrogen) atoms. The van der Waals surface area contributed by atoms with Crippen LogP contribution in [0, 0.1) is 0 Å². The predicted molar refractivity (Wildman–Crippen MR) is 118 cm³/mol. The molecule has 3 aromatic rings. The van der Waals surface area contributed by atoms with Gasteiger partial charge >= 0.3 is 5.97 Å². The lowest BCUT2D eigenvalue weighted by Crippen LogP contribution is -2.14. The number of aromatic nitrogens is 2. The number of thioether (sulfide) groups is 1. The second-order valence-corrected chi connectivity index (χ2v) is 7.39. The number of hydrogen-bond acceptors (Lipinski definition) is 9. The first-order chi connectivity index (χ1) is 15.5. The quantitative estimate of drug-likeness (QED) is 0.360. The average molecular weight is 458 g/mol. The summed E-state index contributed by atoms with van der Waals surface area (Å²) >= 11 is 1.12. The van der Waals surface area contributed by atoms with Gasteiger partial charge in [-0.2, -0.15) is 0 Å². The van der Waals surface area contributed by atoms with Crippen LogP contribution in [0.15, 0.2) is 52.1 Å². The van der Waals surface area contributed by atoms with Gasteiger partial charge < -0.3 is 23.9 Å². The van der Waals surface area contributed by atoms with E-state index in [-0.39, 0.29) is 23.5 Å². The van der Waals surface area contributed by atoms with Crippen LogP contribution in [0.25, 0.3) is 0 Å². The van der Waals surface area contributed by atoms with Crippen molar-refractivity contribution in [1.82, 2.24) is 10.2 Å². The molecule has 1 N–H and O–H groups in total. The van der Waals surface area contributed by atoms with Crippen molar-refractivity contribution in [3.05, 3.63) is 59.5 Å². The second kappa shape index (κ2) is 11.2. The van der Waals surface area contributed by atoms with E-state index in [0.717, 1.165) is 17.3 Å². The van der Waals surface area contributed by atoms with Gasteiger partial charge in [-0.05, 0) is 42.8 Å². The Kier molecular flexibility index (Phi) is 8.09. The summed E-state index contributed by atoms with van der Waals surface area (Å²) in [6.07, 6.45) is 0.417. The maximum absolute atomic E-state index is 12.3. The van der Waals surface area contributed by atoms with Crippen molar-refractivity contribution in [1.29, 1.82) is 0 Å². The minimum atomic E-state index is -0.439. The van der Waals surface area contributed by atoms with Crippen molar-refractivity contribution < 1.29 is 28.2 Å². The Bertz CT molecular complexity index is 1090. The first-order valence-electron chi connectivity index (χ1n) is 9.75. The van der Waals surface area contributed by atoms with Crippen molar-refractivity contribution in [2.24, 2.45) is 0 Å². The smallest absolute Gasteiger partial charge is 0.338 e. The Morgan fingerprint density at radius 1 is 1.06 bits per heavy atom. The van der Waals surface area contributed by atoms with Gasteiger partial charge in [0.15, 0.2) is 11.5 Å². The largest absolute Gasteiger partial charge is 0.493 e. The third-order valence-electron chi connectivity index (χ3n) is 4.24. The molecular weight excluding hydrogens is 434 g/mol. The van der Waals surface area contributed by atoms with E-state index in [1.165, 1.54) is 0 Å². The number of carbonyl (C=O) groups excluding carboxylic acids is 2. The Labute approximate surface area is 189 Å². The first-order valence-corrected chi connectivity index (χ1v) is 10.7. The summed E-state index contributed by atoms with van der Waals surface area (Å²) in [5.41, 5.74) is 1.79. The van der Waals surface area contributed by atoms with Gasteiger partial charge in [-0.25, -0.2) is 4.79 Å². The molecule has 0 spiro atoms. The van der Waals surface area contributed by atoms with E-state index in [9.17, 15) is 9.59 Å². The summed E-state index contributed by atoms with van der Waals surface area (Å²) in [6, 6.07) is 12.1. The maximum Gasteiger partial charge on any atom is 0.338 e. The molecule has 2 aromatic carbocycles. The van der Waals surface area contributed by atoms with Crippen LogP contribution in [-0.4, -0.2) is 48.7 Å². The number of amides is 1. The summed E-state index contributed by atoms with van der Waals surface area (Å²) in [4.78, 5) is 24.1. The van der Waals surface area contributed by atoms with Crippen LogP contribution in [0.5, 0.6) is 11.5 Å². The van der Waals surface area contributed by atoms with E-state index in [1.807, 2.05) is 18.2 Å². The third kappa shape index (κ3) is 6.24. The topological polar surface area (TPSA) is 113 Å². The molecule has 3 rings (SSSR count). The number of rotatable bonds is 10. The minimum absolute atomic E-state index is 0.0711. The van der Waals surface area contributed by atoms with Gasteiger partial charge in [0.25, 0.3) is 5.22 Å². The fourth-order valence-corrected chi connectivity index (χ4v) is 3.38. The molecule has 0 bridgehead atoms. The molecule has 168 valence electrons. The zero-order valence-corrected chi connectivity index (χ0v) is 18.7. The molecule has 0 unspecified atom stereocenters. The van der Waals surface area contributed by atoms with Crippen LogP contribution in [0.2, 0.25) is 0 Å². The summed E-state index contributed by atoms with van der Waals surface area (Å²) < 4.78 is 21.1. The molecule has 0 saturated carbocycles. The number of methoxy groups -OCH3 is 2. The van der Waals surface area contributed by atoms with Gasteiger partial charge in [0, 0.05) is 5.69 Å². The summed E-state index contributed by atoms with van der Waals surface area (Å²) in [5.74, 6) is 1.03. The highest BCUT2D eigenvalue weighted by Gasteiger charge is 2.13. The maximum atomic E-state index is 12.3. The first kappa shape index (κ1) is 23.1. The summed E-state index contributed by atoms with van der Waals surface area (Å²) in [7, 11) is 3.15. The summed E-state index contributed by atoms with van der Waals surface area (Å²) in [6.45, 7) is 2.02. The molecule has 9 nitrogen and oxygen atoms in total. The predicted octanol–water partition coefficient (Wildman–Crippen LogP) is 3.59. The Morgan fingerprint density at radius 3 is 2.62 bits per heavy atom. The van der Waals surface area contributed by atoms with Crippen molar-refractivity contribution >= 4 is 29.3 Å². The van der Waals surface area contributed by atoms with E-state index in [1.54, 1.807) is 45.4 Å². The normalized spacial score (nSPS) is 10.5. The van der Waals surface area contributed by atoms with Crippen molar-refractivity contribution in [2.75, 3.05) is 31.9 Å². The fourth-order valence-electron chi connectivity index (χ4n) is 2.80. The molecule has 0 saturated heterocycles. The molecule has 0 atom stereocenters. The Balaban J connectivity index is 1.53. The monoisotopic (exact) mass is 457 g/mol. The van der Waals surface area contributed by atoms with Gasteiger partial charge in [0.1, 0.15) is 0 Å². The van der Waals surface area contributed by atoms with Gasteiger partial charge in [0.05, 0.1) is 38.6 Å². The number of anilines is 1. The third-order valence-corrected chi connectivity index (χ3v) is 5.05. The number of nitrogens with one attached hydrogen (secondary N) is 1. The van der Waals surface area contributed by atoms with Crippen molar-refractivity contribution in [2.45, 2.75) is 18.6 Å². The molecule has 0 aliphatic rings. The van der Waals surface area contributed by atoms with Crippen molar-refractivity contribution in [3.63, 3.8) is 0 Å². The highest BCUT2D eigenvalue weighted by Crippen LogP contribution is 2.28. The van der Waals surface area contributed by atoms with Gasteiger partial charge in [-0.15, -0.1) is 10.2 Å². The fraction of sp³-hybridized carbons (Fsp3) is 0.273. The van der Waals surface area contributed by atoms with Crippen LogP contribution >= 0.6 is 11.8 Å². The van der Waals surface area contributed by atoms with E-state index < -0.39 is 5.97 Å². The van der Waals surface area contributed by atoms with Crippen LogP contribution in [0.1, 0.15) is 28.7 Å². The molecule has 0 radical (unpaired) electrons. The summed E-state index contributed by atoms with van der Waals surface area (Å²) in [5, 5.41) is 11.0. The lowest BCUT2D eigenvalue weighted by Gasteiger charge is -2.08. The van der Waals surface area contributed by atoms with Crippen LogP contribution < -0.4 is 14.8 Å². The number of benzene rings is 2. The zero-order valence-electron chi connectivity index (χ0n) is 17.9. The van der Waals surface area contributed by atoms with Gasteiger partial charge in [-0.1, -0.05) is 23.9 Å². The zero-order chi connectivity index (χ0) is 22.9. The number of nitrogens with zero attached hydrogens (tertiary/aromatic N) is 2. The molecule has 1 amide bonds. The van der Waals surface area contributed by atoms with Crippen LogP contribution in [0.4, 0.5) is 5.69 Å². The van der Waals surface area contributed by atoms with E-state index >= 15 is 0 Å².